The minimum Gasteiger partial charge on any atom is -0.339 e. The molecule has 0 saturated heterocycles. The summed E-state index contributed by atoms with van der Waals surface area (Å²) in [6.45, 7) is 6.76. The number of nitrogens with zero attached hydrogens (tertiary/aromatic N) is 2. The molecule has 154 valence electrons. The Morgan fingerprint density at radius 3 is 1.37 bits per heavy atom. The lowest BCUT2D eigenvalue weighted by molar-refractivity contribution is 0.620. The SMILES string of the molecule is CCCCCn1c2ccccc2c2ccc3c4ccccc4n(CCCCC)c3c21. The lowest BCUT2D eigenvalue weighted by Gasteiger charge is -2.12. The van der Waals surface area contributed by atoms with Gasteiger partial charge in [-0.25, -0.2) is 0 Å². The van der Waals surface area contributed by atoms with E-state index in [1.54, 1.807) is 0 Å². The largest absolute Gasteiger partial charge is 0.339 e. The van der Waals surface area contributed by atoms with Crippen LogP contribution in [0.2, 0.25) is 0 Å². The summed E-state index contributed by atoms with van der Waals surface area (Å²) in [5.41, 5.74) is 5.61. The molecule has 0 radical (unpaired) electrons. The first kappa shape index (κ1) is 19.2. The molecule has 0 aliphatic rings. The van der Waals surface area contributed by atoms with Gasteiger partial charge >= 0.3 is 0 Å². The van der Waals surface area contributed by atoms with Crippen LogP contribution in [0.25, 0.3) is 43.6 Å². The van der Waals surface area contributed by atoms with Crippen LogP contribution < -0.4 is 0 Å². The number of benzene rings is 3. The summed E-state index contributed by atoms with van der Waals surface area (Å²) in [4.78, 5) is 0. The second kappa shape index (κ2) is 8.18. The molecule has 2 heterocycles. The highest BCUT2D eigenvalue weighted by atomic mass is 15.0. The highest BCUT2D eigenvalue weighted by Crippen LogP contribution is 2.39. The van der Waals surface area contributed by atoms with Crippen LogP contribution >= 0.6 is 0 Å². The van der Waals surface area contributed by atoms with Crippen molar-refractivity contribution in [3.63, 3.8) is 0 Å². The summed E-state index contributed by atoms with van der Waals surface area (Å²) in [6, 6.07) is 22.6. The van der Waals surface area contributed by atoms with Crippen molar-refractivity contribution in [2.24, 2.45) is 0 Å². The number of para-hydroxylation sites is 2. The number of hydrogen-bond donors (Lipinski definition) is 0. The minimum absolute atomic E-state index is 1.09. The van der Waals surface area contributed by atoms with Crippen molar-refractivity contribution >= 4 is 43.6 Å². The average Bonchev–Trinajstić information content (AvgIpc) is 3.28. The Bertz CT molecular complexity index is 1220. The molecule has 3 aromatic carbocycles. The Morgan fingerprint density at radius 2 is 0.933 bits per heavy atom. The van der Waals surface area contributed by atoms with Gasteiger partial charge in [0.1, 0.15) is 0 Å². The second-order valence-electron chi connectivity index (χ2n) is 8.61. The Kier molecular flexibility index (Phi) is 5.25. The molecule has 0 aliphatic heterocycles. The van der Waals surface area contributed by atoms with E-state index in [-0.39, 0.29) is 0 Å². The van der Waals surface area contributed by atoms with Crippen LogP contribution in [-0.4, -0.2) is 9.13 Å². The van der Waals surface area contributed by atoms with E-state index in [1.807, 2.05) is 0 Å². The molecule has 0 fully saturated rings. The quantitative estimate of drug-likeness (QED) is 0.233. The second-order valence-corrected chi connectivity index (χ2v) is 8.61. The molecule has 0 saturated carbocycles. The molecule has 0 atom stereocenters. The van der Waals surface area contributed by atoms with Crippen LogP contribution in [0.4, 0.5) is 0 Å². The summed E-state index contributed by atoms with van der Waals surface area (Å²) in [5, 5.41) is 5.57. The van der Waals surface area contributed by atoms with E-state index < -0.39 is 0 Å². The van der Waals surface area contributed by atoms with Gasteiger partial charge in [-0.05, 0) is 25.0 Å². The third kappa shape index (κ3) is 3.01. The molecule has 0 spiro atoms. The van der Waals surface area contributed by atoms with Crippen LogP contribution in [0.5, 0.6) is 0 Å². The minimum atomic E-state index is 1.09. The van der Waals surface area contributed by atoms with Crippen molar-refractivity contribution in [3.8, 4) is 0 Å². The molecule has 0 unspecified atom stereocenters. The molecule has 30 heavy (non-hydrogen) atoms. The molecule has 2 heteroatoms. The highest BCUT2D eigenvalue weighted by molar-refractivity contribution is 6.22. The summed E-state index contributed by atoms with van der Waals surface area (Å²) in [5.74, 6) is 0. The monoisotopic (exact) mass is 396 g/mol. The Hall–Kier alpha value is -2.74. The van der Waals surface area contributed by atoms with Crippen molar-refractivity contribution in [1.82, 2.24) is 9.13 Å². The van der Waals surface area contributed by atoms with Crippen LogP contribution in [0.15, 0.2) is 60.7 Å². The van der Waals surface area contributed by atoms with Gasteiger partial charge in [-0.2, -0.15) is 0 Å². The Balaban J connectivity index is 1.87. The van der Waals surface area contributed by atoms with Gasteiger partial charge in [0, 0.05) is 45.7 Å². The van der Waals surface area contributed by atoms with E-state index in [9.17, 15) is 0 Å². The van der Waals surface area contributed by atoms with Crippen LogP contribution in [-0.2, 0) is 13.1 Å². The maximum Gasteiger partial charge on any atom is 0.0739 e. The van der Waals surface area contributed by atoms with E-state index in [4.69, 9.17) is 0 Å². The number of aromatic nitrogens is 2. The maximum atomic E-state index is 2.61. The van der Waals surface area contributed by atoms with Gasteiger partial charge in [0.2, 0.25) is 0 Å². The van der Waals surface area contributed by atoms with E-state index in [2.05, 4.69) is 83.6 Å². The summed E-state index contributed by atoms with van der Waals surface area (Å²) in [6.07, 6.45) is 7.54. The number of rotatable bonds is 8. The van der Waals surface area contributed by atoms with E-state index in [0.29, 0.717) is 0 Å². The topological polar surface area (TPSA) is 9.86 Å². The van der Waals surface area contributed by atoms with Gasteiger partial charge in [0.15, 0.2) is 0 Å². The van der Waals surface area contributed by atoms with Crippen molar-refractivity contribution < 1.29 is 0 Å². The smallest absolute Gasteiger partial charge is 0.0739 e. The number of fused-ring (bicyclic) bond motifs is 7. The maximum absolute atomic E-state index is 2.61. The molecule has 0 N–H and O–H groups in total. The fraction of sp³-hybridized carbons (Fsp3) is 0.357. The predicted octanol–water partition coefficient (Wildman–Crippen LogP) is 8.28. The summed E-state index contributed by atoms with van der Waals surface area (Å²) >= 11 is 0. The molecular formula is C28H32N2. The van der Waals surface area contributed by atoms with Crippen molar-refractivity contribution in [3.05, 3.63) is 60.7 Å². The van der Waals surface area contributed by atoms with E-state index >= 15 is 0 Å². The molecule has 5 aromatic rings. The van der Waals surface area contributed by atoms with Crippen molar-refractivity contribution in [2.45, 2.75) is 65.5 Å². The highest BCUT2D eigenvalue weighted by Gasteiger charge is 2.18. The molecule has 2 aromatic heterocycles. The number of aryl methyl sites for hydroxylation is 2. The first-order valence-electron chi connectivity index (χ1n) is 11.8. The van der Waals surface area contributed by atoms with Crippen LogP contribution in [0.3, 0.4) is 0 Å². The average molecular weight is 397 g/mol. The van der Waals surface area contributed by atoms with Crippen LogP contribution in [0.1, 0.15) is 52.4 Å². The zero-order chi connectivity index (χ0) is 20.5. The van der Waals surface area contributed by atoms with E-state index in [1.165, 1.54) is 82.1 Å². The lowest BCUT2D eigenvalue weighted by atomic mass is 10.1. The summed E-state index contributed by atoms with van der Waals surface area (Å²) < 4.78 is 5.22. The normalized spacial score (nSPS) is 12.1. The first-order chi connectivity index (χ1) is 14.8. The summed E-state index contributed by atoms with van der Waals surface area (Å²) in [7, 11) is 0. The van der Waals surface area contributed by atoms with Crippen molar-refractivity contribution in [1.29, 1.82) is 0 Å². The molecule has 0 amide bonds. The molecular weight excluding hydrogens is 364 g/mol. The van der Waals surface area contributed by atoms with Gasteiger partial charge in [-0.15, -0.1) is 0 Å². The fourth-order valence-electron chi connectivity index (χ4n) is 5.18. The molecule has 2 nitrogen and oxygen atoms in total. The molecule has 0 bridgehead atoms. The first-order valence-corrected chi connectivity index (χ1v) is 11.8. The zero-order valence-corrected chi connectivity index (χ0v) is 18.3. The molecule has 0 aliphatic carbocycles. The Morgan fingerprint density at radius 1 is 0.500 bits per heavy atom. The third-order valence-electron chi connectivity index (χ3n) is 6.63. The third-order valence-corrected chi connectivity index (χ3v) is 6.63. The fourth-order valence-corrected chi connectivity index (χ4v) is 5.18. The lowest BCUT2D eigenvalue weighted by Crippen LogP contribution is -2.02. The van der Waals surface area contributed by atoms with Gasteiger partial charge < -0.3 is 9.13 Å². The zero-order valence-electron chi connectivity index (χ0n) is 18.3. The van der Waals surface area contributed by atoms with Gasteiger partial charge in [-0.3, -0.25) is 0 Å². The number of hydrogen-bond acceptors (Lipinski definition) is 0. The standard InChI is InChI=1S/C28H32N2/c1-3-5-11-19-29-25-15-9-7-13-21(25)23-17-18-24-22-14-8-10-16-26(22)30(20-12-6-4-2)28(24)27(23)29/h7-10,13-18H,3-6,11-12,19-20H2,1-2H3. The van der Waals surface area contributed by atoms with E-state index in [0.717, 1.165) is 13.1 Å². The predicted molar refractivity (Wildman–Crippen MR) is 131 cm³/mol. The number of unbranched alkanes of at least 4 members (excludes halogenated alkanes) is 4. The Labute approximate surface area is 179 Å². The van der Waals surface area contributed by atoms with Crippen molar-refractivity contribution in [2.75, 3.05) is 0 Å². The van der Waals surface area contributed by atoms with Gasteiger partial charge in [0.05, 0.1) is 11.0 Å². The molecule has 5 rings (SSSR count). The van der Waals surface area contributed by atoms with Crippen LogP contribution in [0, 0.1) is 0 Å². The van der Waals surface area contributed by atoms with Gasteiger partial charge in [0.25, 0.3) is 0 Å². The van der Waals surface area contributed by atoms with Gasteiger partial charge in [-0.1, -0.05) is 88.1 Å².